The van der Waals surface area contributed by atoms with Crippen molar-refractivity contribution in [1.82, 2.24) is 9.29 Å². The third kappa shape index (κ3) is 3.35. The molecule has 1 aliphatic rings. The Morgan fingerprint density at radius 2 is 1.75 bits per heavy atom. The zero-order chi connectivity index (χ0) is 17.3. The Morgan fingerprint density at radius 1 is 1.04 bits per heavy atom. The molecule has 1 fully saturated rings. The molecule has 0 radical (unpaired) electrons. The second-order valence-corrected chi connectivity index (χ2v) is 8.03. The van der Waals surface area contributed by atoms with Crippen molar-refractivity contribution in [3.8, 4) is 0 Å². The Labute approximate surface area is 149 Å². The maximum absolute atomic E-state index is 13.2. The third-order valence-electron chi connectivity index (χ3n) is 3.81. The fourth-order valence-electron chi connectivity index (χ4n) is 2.54. The quantitative estimate of drug-likeness (QED) is 0.809. The number of halogens is 3. The first-order valence-electron chi connectivity index (χ1n) is 7.20. The van der Waals surface area contributed by atoms with Crippen molar-refractivity contribution in [1.29, 1.82) is 0 Å². The van der Waals surface area contributed by atoms with Crippen molar-refractivity contribution in [2.45, 2.75) is 4.90 Å². The monoisotopic (exact) mass is 389 g/mol. The SMILES string of the molecule is O=S(=O)(c1ccc(F)c(Cl)c1)N1CCN(c2ncccc2Cl)CC1. The molecule has 1 saturated heterocycles. The van der Waals surface area contributed by atoms with Gasteiger partial charge in [0.05, 0.1) is 14.9 Å². The lowest BCUT2D eigenvalue weighted by Gasteiger charge is -2.35. The van der Waals surface area contributed by atoms with Gasteiger partial charge in [-0.25, -0.2) is 17.8 Å². The molecule has 1 aromatic carbocycles. The van der Waals surface area contributed by atoms with E-state index in [-0.39, 0.29) is 23.0 Å². The molecule has 2 heterocycles. The van der Waals surface area contributed by atoms with Crippen LogP contribution in [0.4, 0.5) is 10.2 Å². The van der Waals surface area contributed by atoms with Gasteiger partial charge in [0.1, 0.15) is 11.6 Å². The highest BCUT2D eigenvalue weighted by Crippen LogP contribution is 2.26. The number of benzene rings is 1. The lowest BCUT2D eigenvalue weighted by molar-refractivity contribution is 0.384. The molecule has 1 aliphatic heterocycles. The zero-order valence-electron chi connectivity index (χ0n) is 12.5. The van der Waals surface area contributed by atoms with Crippen LogP contribution in [-0.4, -0.2) is 43.9 Å². The summed E-state index contributed by atoms with van der Waals surface area (Å²) < 4.78 is 39.9. The van der Waals surface area contributed by atoms with E-state index in [9.17, 15) is 12.8 Å². The van der Waals surface area contributed by atoms with Crippen LogP contribution in [-0.2, 0) is 10.0 Å². The molecule has 3 rings (SSSR count). The number of aromatic nitrogens is 1. The molecular weight excluding hydrogens is 376 g/mol. The van der Waals surface area contributed by atoms with Crippen LogP contribution >= 0.6 is 23.2 Å². The number of pyridine rings is 1. The molecule has 0 amide bonds. The van der Waals surface area contributed by atoms with Crippen LogP contribution in [0.2, 0.25) is 10.0 Å². The van der Waals surface area contributed by atoms with Crippen molar-refractivity contribution in [2.75, 3.05) is 31.1 Å². The summed E-state index contributed by atoms with van der Waals surface area (Å²) in [7, 11) is -3.71. The summed E-state index contributed by atoms with van der Waals surface area (Å²) in [5.74, 6) is -0.00808. The molecule has 0 atom stereocenters. The number of piperazine rings is 1. The largest absolute Gasteiger partial charge is 0.353 e. The summed E-state index contributed by atoms with van der Waals surface area (Å²) in [5, 5.41) is 0.314. The molecule has 128 valence electrons. The minimum absolute atomic E-state index is 0.0155. The van der Waals surface area contributed by atoms with Crippen molar-refractivity contribution in [2.24, 2.45) is 0 Å². The van der Waals surface area contributed by atoms with E-state index >= 15 is 0 Å². The fourth-order valence-corrected chi connectivity index (χ4v) is 4.47. The average molecular weight is 390 g/mol. The van der Waals surface area contributed by atoms with Crippen molar-refractivity contribution in [3.05, 3.63) is 52.4 Å². The number of hydrogen-bond donors (Lipinski definition) is 0. The minimum Gasteiger partial charge on any atom is -0.353 e. The summed E-state index contributed by atoms with van der Waals surface area (Å²) in [6, 6.07) is 6.89. The van der Waals surface area contributed by atoms with Crippen LogP contribution < -0.4 is 4.90 Å². The van der Waals surface area contributed by atoms with Gasteiger partial charge >= 0.3 is 0 Å². The van der Waals surface area contributed by atoms with E-state index in [0.717, 1.165) is 12.1 Å². The van der Waals surface area contributed by atoms with E-state index in [1.807, 2.05) is 4.90 Å². The normalized spacial score (nSPS) is 16.4. The first-order valence-corrected chi connectivity index (χ1v) is 9.40. The summed E-state index contributed by atoms with van der Waals surface area (Å²) in [6.45, 7) is 1.49. The molecule has 0 saturated carbocycles. The molecule has 5 nitrogen and oxygen atoms in total. The van der Waals surface area contributed by atoms with E-state index in [4.69, 9.17) is 23.2 Å². The molecule has 0 bridgehead atoms. The van der Waals surface area contributed by atoms with Gasteiger partial charge in [0.2, 0.25) is 10.0 Å². The number of sulfonamides is 1. The highest BCUT2D eigenvalue weighted by Gasteiger charge is 2.29. The van der Waals surface area contributed by atoms with E-state index in [0.29, 0.717) is 23.9 Å². The zero-order valence-corrected chi connectivity index (χ0v) is 14.8. The molecule has 0 N–H and O–H groups in total. The Bertz CT molecular complexity index is 856. The van der Waals surface area contributed by atoms with Crippen molar-refractivity contribution in [3.63, 3.8) is 0 Å². The topological polar surface area (TPSA) is 53.5 Å². The van der Waals surface area contributed by atoms with Crippen LogP contribution in [0.5, 0.6) is 0 Å². The molecule has 2 aromatic rings. The van der Waals surface area contributed by atoms with Crippen LogP contribution in [0.3, 0.4) is 0 Å². The third-order valence-corrected chi connectivity index (χ3v) is 6.29. The van der Waals surface area contributed by atoms with Gasteiger partial charge in [-0.1, -0.05) is 23.2 Å². The van der Waals surface area contributed by atoms with E-state index in [1.54, 1.807) is 18.3 Å². The van der Waals surface area contributed by atoms with Gasteiger partial charge in [0.15, 0.2) is 0 Å². The lowest BCUT2D eigenvalue weighted by Crippen LogP contribution is -2.49. The smallest absolute Gasteiger partial charge is 0.243 e. The number of anilines is 1. The van der Waals surface area contributed by atoms with Gasteiger partial charge in [-0.2, -0.15) is 4.31 Å². The summed E-state index contributed by atoms with van der Waals surface area (Å²) in [5.41, 5.74) is 0. The summed E-state index contributed by atoms with van der Waals surface area (Å²) in [6.07, 6.45) is 1.64. The van der Waals surface area contributed by atoms with E-state index in [2.05, 4.69) is 4.98 Å². The van der Waals surface area contributed by atoms with Gasteiger partial charge in [-0.05, 0) is 30.3 Å². The van der Waals surface area contributed by atoms with Crippen molar-refractivity contribution < 1.29 is 12.8 Å². The Kier molecular flexibility index (Phi) is 4.96. The summed E-state index contributed by atoms with van der Waals surface area (Å²) >= 11 is 11.8. The second kappa shape index (κ2) is 6.84. The van der Waals surface area contributed by atoms with Crippen LogP contribution in [0.25, 0.3) is 0 Å². The molecule has 0 aliphatic carbocycles. The molecule has 9 heteroatoms. The van der Waals surface area contributed by atoms with Crippen LogP contribution in [0.1, 0.15) is 0 Å². The van der Waals surface area contributed by atoms with Crippen LogP contribution in [0.15, 0.2) is 41.4 Å². The predicted octanol–water partition coefficient (Wildman–Crippen LogP) is 3.04. The highest BCUT2D eigenvalue weighted by atomic mass is 35.5. The first-order chi connectivity index (χ1) is 11.4. The van der Waals surface area contributed by atoms with Gasteiger partial charge in [0.25, 0.3) is 0 Å². The number of hydrogen-bond acceptors (Lipinski definition) is 4. The summed E-state index contributed by atoms with van der Waals surface area (Å²) in [4.78, 5) is 6.16. The Hall–Kier alpha value is -1.41. The Balaban J connectivity index is 1.76. The first kappa shape index (κ1) is 17.4. The fraction of sp³-hybridized carbons (Fsp3) is 0.267. The minimum atomic E-state index is -3.71. The van der Waals surface area contributed by atoms with Gasteiger partial charge in [0, 0.05) is 32.4 Å². The molecule has 0 unspecified atom stereocenters. The van der Waals surface area contributed by atoms with E-state index in [1.165, 1.54) is 10.4 Å². The predicted molar refractivity (Wildman–Crippen MR) is 91.6 cm³/mol. The lowest BCUT2D eigenvalue weighted by atomic mass is 10.3. The van der Waals surface area contributed by atoms with Crippen molar-refractivity contribution >= 4 is 39.0 Å². The highest BCUT2D eigenvalue weighted by molar-refractivity contribution is 7.89. The molecule has 0 spiro atoms. The van der Waals surface area contributed by atoms with Crippen LogP contribution in [0, 0.1) is 5.82 Å². The number of rotatable bonds is 3. The Morgan fingerprint density at radius 3 is 2.38 bits per heavy atom. The second-order valence-electron chi connectivity index (χ2n) is 5.28. The molecule has 1 aromatic heterocycles. The van der Waals surface area contributed by atoms with Gasteiger partial charge in [-0.3, -0.25) is 0 Å². The molecule has 24 heavy (non-hydrogen) atoms. The number of nitrogens with zero attached hydrogens (tertiary/aromatic N) is 3. The van der Waals surface area contributed by atoms with Gasteiger partial charge in [-0.15, -0.1) is 0 Å². The maximum Gasteiger partial charge on any atom is 0.243 e. The average Bonchev–Trinajstić information content (AvgIpc) is 2.58. The van der Waals surface area contributed by atoms with Gasteiger partial charge < -0.3 is 4.90 Å². The molecular formula is C15H14Cl2FN3O2S. The maximum atomic E-state index is 13.2. The van der Waals surface area contributed by atoms with E-state index < -0.39 is 15.8 Å². The standard InChI is InChI=1S/C15H14Cl2FN3O2S/c16-12-2-1-5-19-15(12)20-6-8-21(9-7-20)24(22,23)11-3-4-14(18)13(17)10-11/h1-5,10H,6-9H2.